The van der Waals surface area contributed by atoms with E-state index < -0.39 is 0 Å². The van der Waals surface area contributed by atoms with Gasteiger partial charge in [-0.2, -0.15) is 12.6 Å². The summed E-state index contributed by atoms with van der Waals surface area (Å²) in [6.07, 6.45) is 1.20. The maximum absolute atomic E-state index is 4.49. The zero-order chi connectivity index (χ0) is 8.20. The van der Waals surface area contributed by atoms with Gasteiger partial charge in [0.05, 0.1) is 0 Å². The van der Waals surface area contributed by atoms with Crippen molar-refractivity contribution in [2.45, 2.75) is 31.9 Å². The second kappa shape index (κ2) is 4.24. The van der Waals surface area contributed by atoms with E-state index in [1.54, 1.807) is 0 Å². The summed E-state index contributed by atoms with van der Waals surface area (Å²) >= 11 is 4.49. The first kappa shape index (κ1) is 10.3. The first-order chi connectivity index (χ1) is 4.48. The van der Waals surface area contributed by atoms with E-state index in [-0.39, 0.29) is 4.75 Å². The van der Waals surface area contributed by atoms with Crippen LogP contribution in [0.25, 0.3) is 0 Å². The monoisotopic (exact) mass is 161 g/mol. The van der Waals surface area contributed by atoms with E-state index >= 15 is 0 Å². The zero-order valence-corrected chi connectivity index (χ0v) is 8.33. The Bertz CT molecular complexity index is 85.7. The highest BCUT2D eigenvalue weighted by atomic mass is 32.1. The minimum absolute atomic E-state index is 0.164. The molecule has 0 radical (unpaired) electrons. The minimum atomic E-state index is 0.164. The Morgan fingerprint density at radius 1 is 1.50 bits per heavy atom. The molecule has 0 fully saturated rings. The van der Waals surface area contributed by atoms with Gasteiger partial charge in [0.2, 0.25) is 0 Å². The Balaban J connectivity index is 3.52. The van der Waals surface area contributed by atoms with E-state index in [9.17, 15) is 0 Å². The van der Waals surface area contributed by atoms with Gasteiger partial charge in [0.1, 0.15) is 0 Å². The van der Waals surface area contributed by atoms with Crippen LogP contribution in [0, 0.1) is 5.92 Å². The van der Waals surface area contributed by atoms with Crippen LogP contribution < -0.4 is 5.32 Å². The van der Waals surface area contributed by atoms with Crippen LogP contribution in [0.2, 0.25) is 0 Å². The summed E-state index contributed by atoms with van der Waals surface area (Å²) in [5.41, 5.74) is 0. The van der Waals surface area contributed by atoms with Crippen LogP contribution in [0.1, 0.15) is 27.2 Å². The Morgan fingerprint density at radius 2 is 2.00 bits per heavy atom. The lowest BCUT2D eigenvalue weighted by Crippen LogP contribution is -2.25. The second-order valence-electron chi connectivity index (χ2n) is 3.45. The molecule has 0 aliphatic heterocycles. The molecule has 0 aromatic heterocycles. The third-order valence-electron chi connectivity index (χ3n) is 2.03. The molecule has 0 saturated heterocycles. The minimum Gasteiger partial charge on any atom is -0.320 e. The summed E-state index contributed by atoms with van der Waals surface area (Å²) in [5.74, 6) is 0.670. The van der Waals surface area contributed by atoms with Crippen molar-refractivity contribution in [3.05, 3.63) is 0 Å². The van der Waals surface area contributed by atoms with Crippen molar-refractivity contribution in [2.75, 3.05) is 13.6 Å². The van der Waals surface area contributed by atoms with E-state index in [4.69, 9.17) is 0 Å². The molecule has 1 atom stereocenters. The highest BCUT2D eigenvalue weighted by molar-refractivity contribution is 7.81. The molecule has 1 nitrogen and oxygen atoms in total. The molecule has 0 aliphatic carbocycles. The van der Waals surface area contributed by atoms with Crippen LogP contribution >= 0.6 is 12.6 Å². The predicted molar refractivity (Wildman–Crippen MR) is 50.8 cm³/mol. The molecule has 0 aliphatic rings. The molecular weight excluding hydrogens is 142 g/mol. The normalized spacial score (nSPS) is 15.3. The number of rotatable bonds is 4. The van der Waals surface area contributed by atoms with E-state index in [2.05, 4.69) is 38.7 Å². The summed E-state index contributed by atoms with van der Waals surface area (Å²) in [6, 6.07) is 0. The first-order valence-corrected chi connectivity index (χ1v) is 4.30. The van der Waals surface area contributed by atoms with Crippen LogP contribution in [0.15, 0.2) is 0 Å². The highest BCUT2D eigenvalue weighted by Crippen LogP contribution is 2.25. The molecule has 0 saturated carbocycles. The summed E-state index contributed by atoms with van der Waals surface area (Å²) in [4.78, 5) is 0. The van der Waals surface area contributed by atoms with Crippen LogP contribution in [0.5, 0.6) is 0 Å². The van der Waals surface area contributed by atoms with Gasteiger partial charge in [-0.3, -0.25) is 0 Å². The third kappa shape index (κ3) is 4.18. The molecule has 0 aromatic carbocycles. The lowest BCUT2D eigenvalue weighted by Gasteiger charge is -2.25. The topological polar surface area (TPSA) is 12.0 Å². The van der Waals surface area contributed by atoms with Gasteiger partial charge in [0.25, 0.3) is 0 Å². The van der Waals surface area contributed by atoms with Crippen LogP contribution in [-0.2, 0) is 0 Å². The van der Waals surface area contributed by atoms with Gasteiger partial charge in [0.15, 0.2) is 0 Å². The molecule has 0 unspecified atom stereocenters. The number of nitrogens with one attached hydrogen (secondary N) is 1. The maximum atomic E-state index is 4.49. The van der Waals surface area contributed by atoms with Crippen molar-refractivity contribution >= 4 is 12.6 Å². The van der Waals surface area contributed by atoms with E-state index in [0.717, 1.165) is 6.54 Å². The van der Waals surface area contributed by atoms with Gasteiger partial charge in [-0.1, -0.05) is 20.8 Å². The van der Waals surface area contributed by atoms with Crippen LogP contribution in [0.4, 0.5) is 0 Å². The largest absolute Gasteiger partial charge is 0.320 e. The Hall–Kier alpha value is 0.310. The molecule has 62 valence electrons. The van der Waals surface area contributed by atoms with Gasteiger partial charge < -0.3 is 5.32 Å². The Morgan fingerprint density at radius 3 is 2.30 bits per heavy atom. The summed E-state index contributed by atoms with van der Waals surface area (Å²) in [6.45, 7) is 7.66. The molecule has 0 rings (SSSR count). The molecule has 0 amide bonds. The van der Waals surface area contributed by atoms with Crippen molar-refractivity contribution < 1.29 is 0 Å². The first-order valence-electron chi connectivity index (χ1n) is 3.85. The fraction of sp³-hybridized carbons (Fsp3) is 1.00. The fourth-order valence-corrected chi connectivity index (χ4v) is 0.843. The van der Waals surface area contributed by atoms with Gasteiger partial charge in [-0.05, 0) is 25.9 Å². The fourth-order valence-electron chi connectivity index (χ4n) is 0.714. The number of hydrogen-bond acceptors (Lipinski definition) is 2. The van der Waals surface area contributed by atoms with E-state index in [1.807, 2.05) is 7.05 Å². The summed E-state index contributed by atoms with van der Waals surface area (Å²) in [7, 11) is 1.98. The zero-order valence-electron chi connectivity index (χ0n) is 7.44. The van der Waals surface area contributed by atoms with Crippen LogP contribution in [0.3, 0.4) is 0 Å². The Kier molecular flexibility index (Phi) is 4.37. The smallest absolute Gasteiger partial charge is 0.00991 e. The lowest BCUT2D eigenvalue weighted by molar-refractivity contribution is 0.427. The summed E-state index contributed by atoms with van der Waals surface area (Å²) < 4.78 is 0.164. The molecule has 0 bridgehead atoms. The molecule has 0 heterocycles. The SMILES string of the molecule is CNCC[C@H](C)C(C)(C)S. The van der Waals surface area contributed by atoms with Gasteiger partial charge in [-0.15, -0.1) is 0 Å². The molecule has 1 N–H and O–H groups in total. The number of thiol groups is 1. The van der Waals surface area contributed by atoms with Crippen molar-refractivity contribution in [3.63, 3.8) is 0 Å². The maximum Gasteiger partial charge on any atom is 0.00991 e. The van der Waals surface area contributed by atoms with Crippen LogP contribution in [-0.4, -0.2) is 18.3 Å². The van der Waals surface area contributed by atoms with E-state index in [0.29, 0.717) is 5.92 Å². The average Bonchev–Trinajstić information content (AvgIpc) is 1.80. The predicted octanol–water partition coefficient (Wildman–Crippen LogP) is 1.94. The van der Waals surface area contributed by atoms with Crippen molar-refractivity contribution in [3.8, 4) is 0 Å². The molecule has 0 aromatic rings. The standard InChI is InChI=1S/C8H19NS/c1-7(5-6-9-4)8(2,3)10/h7,9-10H,5-6H2,1-4H3/t7-/m0/s1. The quantitative estimate of drug-likeness (QED) is 0.601. The molecule has 2 heteroatoms. The Labute approximate surface area is 70.0 Å². The third-order valence-corrected chi connectivity index (χ3v) is 2.47. The van der Waals surface area contributed by atoms with Crippen molar-refractivity contribution in [1.82, 2.24) is 5.32 Å². The van der Waals surface area contributed by atoms with E-state index in [1.165, 1.54) is 6.42 Å². The molecular formula is C8H19NS. The molecule has 10 heavy (non-hydrogen) atoms. The average molecular weight is 161 g/mol. The lowest BCUT2D eigenvalue weighted by atomic mass is 9.94. The highest BCUT2D eigenvalue weighted by Gasteiger charge is 2.19. The van der Waals surface area contributed by atoms with Crippen molar-refractivity contribution in [1.29, 1.82) is 0 Å². The second-order valence-corrected chi connectivity index (χ2v) is 4.60. The van der Waals surface area contributed by atoms with Gasteiger partial charge in [-0.25, -0.2) is 0 Å². The van der Waals surface area contributed by atoms with Crippen molar-refractivity contribution in [2.24, 2.45) is 5.92 Å². The molecule has 0 spiro atoms. The number of hydrogen-bond donors (Lipinski definition) is 2. The van der Waals surface area contributed by atoms with Gasteiger partial charge >= 0.3 is 0 Å². The summed E-state index contributed by atoms with van der Waals surface area (Å²) in [5, 5.41) is 3.14. The van der Waals surface area contributed by atoms with Gasteiger partial charge in [0, 0.05) is 4.75 Å².